The Labute approximate surface area is 90.1 Å². The highest BCUT2D eigenvalue weighted by molar-refractivity contribution is 5.77. The number of hydrogen-bond acceptors (Lipinski definition) is 2. The topological polar surface area (TPSA) is 39.2 Å². The van der Waals surface area contributed by atoms with Crippen molar-refractivity contribution in [2.45, 2.75) is 26.3 Å². The molecule has 1 heterocycles. The van der Waals surface area contributed by atoms with Crippen LogP contribution in [-0.4, -0.2) is 6.04 Å². The zero-order chi connectivity index (χ0) is 10.8. The van der Waals surface area contributed by atoms with Gasteiger partial charge in [0.2, 0.25) is 0 Å². The molecule has 1 aromatic carbocycles. The van der Waals surface area contributed by atoms with Crippen LogP contribution in [0.1, 0.15) is 19.4 Å². The standard InChI is InChI=1S/C13H17NO/c1-9(2)12(14)8-10-3-4-13-11(7-10)5-6-15-13/h3-7,9,12H,8,14H2,1-2H3. The molecule has 0 bridgehead atoms. The summed E-state index contributed by atoms with van der Waals surface area (Å²) in [7, 11) is 0. The van der Waals surface area contributed by atoms with Gasteiger partial charge in [0.15, 0.2) is 0 Å². The maximum absolute atomic E-state index is 6.04. The molecule has 1 aromatic heterocycles. The third kappa shape index (κ3) is 2.21. The van der Waals surface area contributed by atoms with Crippen molar-refractivity contribution in [3.63, 3.8) is 0 Å². The Morgan fingerprint density at radius 3 is 2.80 bits per heavy atom. The lowest BCUT2D eigenvalue weighted by molar-refractivity contribution is 0.491. The lowest BCUT2D eigenvalue weighted by atomic mass is 9.97. The van der Waals surface area contributed by atoms with Crippen molar-refractivity contribution in [2.24, 2.45) is 11.7 Å². The molecule has 0 radical (unpaired) electrons. The molecule has 0 saturated carbocycles. The van der Waals surface area contributed by atoms with Crippen molar-refractivity contribution in [3.05, 3.63) is 36.1 Å². The highest BCUT2D eigenvalue weighted by Crippen LogP contribution is 2.18. The highest BCUT2D eigenvalue weighted by atomic mass is 16.3. The van der Waals surface area contributed by atoms with Crippen LogP contribution in [0.3, 0.4) is 0 Å². The molecule has 15 heavy (non-hydrogen) atoms. The number of fused-ring (bicyclic) bond motifs is 1. The molecular weight excluding hydrogens is 186 g/mol. The van der Waals surface area contributed by atoms with E-state index in [2.05, 4.69) is 26.0 Å². The third-order valence-corrected chi connectivity index (χ3v) is 2.84. The van der Waals surface area contributed by atoms with Crippen LogP contribution < -0.4 is 5.73 Å². The molecule has 2 N–H and O–H groups in total. The molecule has 0 fully saturated rings. The van der Waals surface area contributed by atoms with Crippen molar-refractivity contribution >= 4 is 11.0 Å². The van der Waals surface area contributed by atoms with Crippen molar-refractivity contribution in [1.82, 2.24) is 0 Å². The van der Waals surface area contributed by atoms with Gasteiger partial charge in [0.25, 0.3) is 0 Å². The molecule has 0 aliphatic heterocycles. The minimum absolute atomic E-state index is 0.231. The summed E-state index contributed by atoms with van der Waals surface area (Å²) in [5.74, 6) is 0.519. The Balaban J connectivity index is 2.21. The molecule has 1 unspecified atom stereocenters. The molecule has 2 rings (SSSR count). The van der Waals surface area contributed by atoms with E-state index in [-0.39, 0.29) is 6.04 Å². The summed E-state index contributed by atoms with van der Waals surface area (Å²) in [5, 5.41) is 1.16. The normalized spacial score (nSPS) is 13.6. The van der Waals surface area contributed by atoms with Crippen LogP contribution in [0, 0.1) is 5.92 Å². The molecule has 0 aliphatic rings. The molecule has 2 heteroatoms. The van der Waals surface area contributed by atoms with Crippen LogP contribution in [0.5, 0.6) is 0 Å². The summed E-state index contributed by atoms with van der Waals surface area (Å²) in [6.45, 7) is 4.31. The van der Waals surface area contributed by atoms with Gasteiger partial charge >= 0.3 is 0 Å². The number of hydrogen-bond donors (Lipinski definition) is 1. The Bertz CT molecular complexity index is 444. The lowest BCUT2D eigenvalue weighted by Crippen LogP contribution is -2.28. The van der Waals surface area contributed by atoms with E-state index in [4.69, 9.17) is 10.2 Å². The van der Waals surface area contributed by atoms with Gasteiger partial charge in [-0.05, 0) is 36.1 Å². The van der Waals surface area contributed by atoms with Crippen LogP contribution in [0.25, 0.3) is 11.0 Å². The van der Waals surface area contributed by atoms with Crippen molar-refractivity contribution < 1.29 is 4.42 Å². The first-order chi connectivity index (χ1) is 7.16. The maximum Gasteiger partial charge on any atom is 0.133 e. The number of rotatable bonds is 3. The molecule has 0 spiro atoms. The minimum atomic E-state index is 0.231. The Morgan fingerprint density at radius 2 is 2.07 bits per heavy atom. The van der Waals surface area contributed by atoms with Gasteiger partial charge in [-0.2, -0.15) is 0 Å². The second kappa shape index (κ2) is 4.07. The lowest BCUT2D eigenvalue weighted by Gasteiger charge is -2.15. The quantitative estimate of drug-likeness (QED) is 0.833. The fourth-order valence-corrected chi connectivity index (χ4v) is 1.65. The molecule has 2 aromatic rings. The van der Waals surface area contributed by atoms with Crippen LogP contribution in [0.15, 0.2) is 34.9 Å². The van der Waals surface area contributed by atoms with Gasteiger partial charge in [-0.15, -0.1) is 0 Å². The fourth-order valence-electron chi connectivity index (χ4n) is 1.65. The van der Waals surface area contributed by atoms with Gasteiger partial charge in [-0.3, -0.25) is 0 Å². The van der Waals surface area contributed by atoms with Gasteiger partial charge in [0, 0.05) is 11.4 Å². The Morgan fingerprint density at radius 1 is 1.27 bits per heavy atom. The average molecular weight is 203 g/mol. The average Bonchev–Trinajstić information content (AvgIpc) is 2.64. The van der Waals surface area contributed by atoms with Gasteiger partial charge in [0.1, 0.15) is 5.58 Å². The largest absolute Gasteiger partial charge is 0.464 e. The van der Waals surface area contributed by atoms with Crippen molar-refractivity contribution in [3.8, 4) is 0 Å². The zero-order valence-corrected chi connectivity index (χ0v) is 9.23. The minimum Gasteiger partial charge on any atom is -0.464 e. The first-order valence-corrected chi connectivity index (χ1v) is 5.38. The smallest absolute Gasteiger partial charge is 0.133 e. The Kier molecular flexibility index (Phi) is 2.78. The van der Waals surface area contributed by atoms with Gasteiger partial charge in [-0.1, -0.05) is 19.9 Å². The van der Waals surface area contributed by atoms with E-state index in [0.717, 1.165) is 17.4 Å². The number of nitrogens with two attached hydrogens (primary N) is 1. The molecule has 0 aliphatic carbocycles. The van der Waals surface area contributed by atoms with Crippen LogP contribution in [0.2, 0.25) is 0 Å². The van der Waals surface area contributed by atoms with Crippen molar-refractivity contribution in [2.75, 3.05) is 0 Å². The number of furan rings is 1. The van der Waals surface area contributed by atoms with Crippen LogP contribution in [-0.2, 0) is 6.42 Å². The second-order valence-electron chi connectivity index (χ2n) is 4.40. The fraction of sp³-hybridized carbons (Fsp3) is 0.385. The van der Waals surface area contributed by atoms with E-state index in [1.807, 2.05) is 12.1 Å². The zero-order valence-electron chi connectivity index (χ0n) is 9.23. The first-order valence-electron chi connectivity index (χ1n) is 5.38. The number of benzene rings is 1. The summed E-state index contributed by atoms with van der Waals surface area (Å²) in [6, 6.07) is 8.47. The molecule has 0 amide bonds. The SMILES string of the molecule is CC(C)C(N)Cc1ccc2occc2c1. The van der Waals surface area contributed by atoms with E-state index in [0.29, 0.717) is 5.92 Å². The van der Waals surface area contributed by atoms with E-state index in [1.54, 1.807) is 6.26 Å². The highest BCUT2D eigenvalue weighted by Gasteiger charge is 2.09. The van der Waals surface area contributed by atoms with Gasteiger partial charge in [-0.25, -0.2) is 0 Å². The third-order valence-electron chi connectivity index (χ3n) is 2.84. The molecule has 80 valence electrons. The van der Waals surface area contributed by atoms with E-state index in [1.165, 1.54) is 5.56 Å². The predicted octanol–water partition coefficient (Wildman–Crippen LogP) is 2.96. The summed E-state index contributed by atoms with van der Waals surface area (Å²) in [4.78, 5) is 0. The van der Waals surface area contributed by atoms with E-state index in [9.17, 15) is 0 Å². The van der Waals surface area contributed by atoms with E-state index < -0.39 is 0 Å². The monoisotopic (exact) mass is 203 g/mol. The van der Waals surface area contributed by atoms with Crippen molar-refractivity contribution in [1.29, 1.82) is 0 Å². The molecule has 1 atom stereocenters. The predicted molar refractivity (Wildman–Crippen MR) is 62.7 cm³/mol. The maximum atomic E-state index is 6.04. The second-order valence-corrected chi connectivity index (χ2v) is 4.40. The molecule has 0 saturated heterocycles. The summed E-state index contributed by atoms with van der Waals surface area (Å²) >= 11 is 0. The van der Waals surface area contributed by atoms with E-state index >= 15 is 0 Å². The first kappa shape index (κ1) is 10.2. The van der Waals surface area contributed by atoms with Gasteiger partial charge in [0.05, 0.1) is 6.26 Å². The Hall–Kier alpha value is -1.28. The van der Waals surface area contributed by atoms with Crippen LogP contribution in [0.4, 0.5) is 0 Å². The van der Waals surface area contributed by atoms with Gasteiger partial charge < -0.3 is 10.2 Å². The summed E-state index contributed by atoms with van der Waals surface area (Å²) in [6.07, 6.45) is 2.65. The molecule has 2 nitrogen and oxygen atoms in total. The molecular formula is C13H17NO. The van der Waals surface area contributed by atoms with Crippen LogP contribution >= 0.6 is 0 Å². The summed E-state index contributed by atoms with van der Waals surface area (Å²) in [5.41, 5.74) is 8.27. The summed E-state index contributed by atoms with van der Waals surface area (Å²) < 4.78 is 5.29.